The summed E-state index contributed by atoms with van der Waals surface area (Å²) in [6, 6.07) is 0. The van der Waals surface area contributed by atoms with E-state index in [4.69, 9.17) is 13.6 Å². The second-order valence-corrected chi connectivity index (χ2v) is 5.61. The molecule has 0 aromatic rings. The molecule has 0 atom stereocenters. The van der Waals surface area contributed by atoms with Crippen LogP contribution in [0.1, 0.15) is 13.8 Å². The Bertz CT molecular complexity index is 121. The summed E-state index contributed by atoms with van der Waals surface area (Å²) < 4.78 is 16.1. The molecular formula is C8H18O3Si. The smallest absolute Gasteiger partial charge is 0.373 e. The van der Waals surface area contributed by atoms with Gasteiger partial charge in [0.2, 0.25) is 0 Å². The largest absolute Gasteiger partial charge is 0.500 e. The highest BCUT2D eigenvalue weighted by molar-refractivity contribution is 6.65. The van der Waals surface area contributed by atoms with E-state index in [2.05, 4.69) is 6.58 Å². The molecule has 0 amide bonds. The Morgan fingerprint density at radius 1 is 1.25 bits per heavy atom. The first-order valence-corrected chi connectivity index (χ1v) is 6.71. The van der Waals surface area contributed by atoms with Crippen LogP contribution in [0.5, 0.6) is 0 Å². The zero-order chi connectivity index (χ0) is 9.45. The maximum atomic E-state index is 5.52. The van der Waals surface area contributed by atoms with Gasteiger partial charge in [-0.2, -0.15) is 0 Å². The van der Waals surface area contributed by atoms with E-state index in [-0.39, 0.29) is 0 Å². The zero-order valence-electron chi connectivity index (χ0n) is 8.13. The number of hydrogen-bond donors (Lipinski definition) is 0. The summed E-state index contributed by atoms with van der Waals surface area (Å²) in [5.41, 5.74) is 0. The molecule has 0 heterocycles. The predicted molar refractivity (Wildman–Crippen MR) is 51.0 cm³/mol. The van der Waals surface area contributed by atoms with Gasteiger partial charge in [0.05, 0.1) is 6.26 Å². The second kappa shape index (κ2) is 6.22. The average Bonchev–Trinajstić information content (AvgIpc) is 2.02. The molecule has 0 N–H and O–H groups in total. The highest BCUT2D eigenvalue weighted by atomic mass is 28.4. The van der Waals surface area contributed by atoms with Crippen LogP contribution in [-0.2, 0) is 13.6 Å². The monoisotopic (exact) mass is 190 g/mol. The molecule has 12 heavy (non-hydrogen) atoms. The van der Waals surface area contributed by atoms with Gasteiger partial charge in [0.25, 0.3) is 0 Å². The van der Waals surface area contributed by atoms with Gasteiger partial charge in [-0.3, -0.25) is 0 Å². The van der Waals surface area contributed by atoms with Gasteiger partial charge >= 0.3 is 8.56 Å². The van der Waals surface area contributed by atoms with E-state index in [1.54, 1.807) is 0 Å². The molecule has 0 rings (SSSR count). The van der Waals surface area contributed by atoms with Crippen molar-refractivity contribution < 1.29 is 13.6 Å². The van der Waals surface area contributed by atoms with Crippen molar-refractivity contribution in [2.75, 3.05) is 19.4 Å². The molecule has 0 spiro atoms. The summed E-state index contributed by atoms with van der Waals surface area (Å²) in [4.78, 5) is 0. The first kappa shape index (κ1) is 11.7. The van der Waals surface area contributed by atoms with E-state index < -0.39 is 8.56 Å². The maximum Gasteiger partial charge on any atom is 0.373 e. The molecule has 0 aliphatic rings. The fraction of sp³-hybridized carbons (Fsp3) is 0.750. The van der Waals surface area contributed by atoms with Crippen molar-refractivity contribution in [1.29, 1.82) is 0 Å². The first-order chi connectivity index (χ1) is 5.68. The third-order valence-corrected chi connectivity index (χ3v) is 3.85. The van der Waals surface area contributed by atoms with Crippen LogP contribution in [0.3, 0.4) is 0 Å². The molecule has 0 fully saturated rings. The van der Waals surface area contributed by atoms with Crippen LogP contribution in [0.15, 0.2) is 12.8 Å². The normalized spacial score (nSPS) is 11.2. The molecule has 0 unspecified atom stereocenters. The molecule has 0 saturated carbocycles. The maximum absolute atomic E-state index is 5.52. The Kier molecular flexibility index (Phi) is 6.05. The Morgan fingerprint density at radius 2 is 1.75 bits per heavy atom. The molecular weight excluding hydrogens is 172 g/mol. The molecule has 0 bridgehead atoms. The van der Waals surface area contributed by atoms with Crippen LogP contribution in [0.2, 0.25) is 6.55 Å². The lowest BCUT2D eigenvalue weighted by atomic mass is 10.9. The lowest BCUT2D eigenvalue weighted by Crippen LogP contribution is -2.43. The highest BCUT2D eigenvalue weighted by Gasteiger charge is 2.31. The third-order valence-electron chi connectivity index (χ3n) is 1.36. The van der Waals surface area contributed by atoms with Crippen molar-refractivity contribution >= 4 is 8.56 Å². The average molecular weight is 190 g/mol. The van der Waals surface area contributed by atoms with Gasteiger partial charge in [-0.05, 0) is 20.4 Å². The van der Waals surface area contributed by atoms with Crippen molar-refractivity contribution in [3.8, 4) is 0 Å². The van der Waals surface area contributed by atoms with Gasteiger partial charge in [0, 0.05) is 13.2 Å². The van der Waals surface area contributed by atoms with Crippen LogP contribution >= 0.6 is 0 Å². The SMILES string of the molecule is C=COC[Si](C)(OCC)OCC. The van der Waals surface area contributed by atoms with Crippen LogP contribution in [0.25, 0.3) is 0 Å². The molecule has 0 aliphatic carbocycles. The predicted octanol–water partition coefficient (Wildman–Crippen LogP) is 1.83. The number of rotatable bonds is 7. The lowest BCUT2D eigenvalue weighted by Gasteiger charge is -2.24. The zero-order valence-corrected chi connectivity index (χ0v) is 9.13. The van der Waals surface area contributed by atoms with Gasteiger partial charge in [0.15, 0.2) is 0 Å². The van der Waals surface area contributed by atoms with Crippen LogP contribution in [0.4, 0.5) is 0 Å². The van der Waals surface area contributed by atoms with E-state index in [0.717, 1.165) is 0 Å². The molecule has 0 saturated heterocycles. The lowest BCUT2D eigenvalue weighted by molar-refractivity contribution is 0.151. The summed E-state index contributed by atoms with van der Waals surface area (Å²) >= 11 is 0. The van der Waals surface area contributed by atoms with Crippen molar-refractivity contribution in [1.82, 2.24) is 0 Å². The van der Waals surface area contributed by atoms with Crippen molar-refractivity contribution in [3.63, 3.8) is 0 Å². The van der Waals surface area contributed by atoms with Crippen molar-refractivity contribution in [3.05, 3.63) is 12.8 Å². The van der Waals surface area contributed by atoms with Gasteiger partial charge in [-0.15, -0.1) is 0 Å². The minimum Gasteiger partial charge on any atom is -0.500 e. The fourth-order valence-electron chi connectivity index (χ4n) is 0.946. The van der Waals surface area contributed by atoms with Crippen LogP contribution in [-0.4, -0.2) is 28.0 Å². The fourth-order valence-corrected chi connectivity index (χ4v) is 2.84. The topological polar surface area (TPSA) is 27.7 Å². The molecule has 3 nitrogen and oxygen atoms in total. The van der Waals surface area contributed by atoms with Crippen molar-refractivity contribution in [2.45, 2.75) is 20.4 Å². The third kappa shape index (κ3) is 4.53. The Hall–Kier alpha value is -0.323. The summed E-state index contributed by atoms with van der Waals surface area (Å²) in [6.45, 7) is 10.7. The minimum atomic E-state index is -2.06. The van der Waals surface area contributed by atoms with Gasteiger partial charge in [-0.1, -0.05) is 6.58 Å². The summed E-state index contributed by atoms with van der Waals surface area (Å²) in [5.74, 6) is 0. The number of ether oxygens (including phenoxy) is 1. The van der Waals surface area contributed by atoms with E-state index in [0.29, 0.717) is 19.4 Å². The number of hydrogen-bond acceptors (Lipinski definition) is 3. The molecule has 0 radical (unpaired) electrons. The Morgan fingerprint density at radius 3 is 2.08 bits per heavy atom. The molecule has 0 aromatic carbocycles. The minimum absolute atomic E-state index is 0.512. The summed E-state index contributed by atoms with van der Waals surface area (Å²) in [5, 5.41) is 0. The summed E-state index contributed by atoms with van der Waals surface area (Å²) in [6.07, 6.45) is 1.93. The quantitative estimate of drug-likeness (QED) is 0.453. The Labute approximate surface area is 75.6 Å². The van der Waals surface area contributed by atoms with E-state index in [1.807, 2.05) is 20.4 Å². The molecule has 0 aromatic heterocycles. The van der Waals surface area contributed by atoms with Gasteiger partial charge in [-0.25, -0.2) is 0 Å². The Balaban J connectivity index is 3.88. The van der Waals surface area contributed by atoms with Gasteiger partial charge < -0.3 is 13.6 Å². The molecule has 0 aliphatic heterocycles. The van der Waals surface area contributed by atoms with Crippen molar-refractivity contribution in [2.24, 2.45) is 0 Å². The van der Waals surface area contributed by atoms with E-state index >= 15 is 0 Å². The van der Waals surface area contributed by atoms with Gasteiger partial charge in [0.1, 0.15) is 6.23 Å². The first-order valence-electron chi connectivity index (χ1n) is 4.19. The van der Waals surface area contributed by atoms with E-state index in [9.17, 15) is 0 Å². The molecule has 4 heteroatoms. The van der Waals surface area contributed by atoms with Crippen LogP contribution in [0, 0.1) is 0 Å². The highest BCUT2D eigenvalue weighted by Crippen LogP contribution is 2.07. The van der Waals surface area contributed by atoms with Crippen LogP contribution < -0.4 is 0 Å². The van der Waals surface area contributed by atoms with E-state index in [1.165, 1.54) is 6.26 Å². The standard InChI is InChI=1S/C8H18O3Si/c1-5-9-8-12(4,10-6-2)11-7-3/h5H,1,6-8H2,2-4H3. The summed E-state index contributed by atoms with van der Waals surface area (Å²) in [7, 11) is -2.06. The molecule has 72 valence electrons. The second-order valence-electron chi connectivity index (χ2n) is 2.48.